The van der Waals surface area contributed by atoms with Crippen molar-refractivity contribution in [2.75, 3.05) is 9.80 Å². The molecule has 7 aromatic rings. The van der Waals surface area contributed by atoms with Crippen LogP contribution in [0.1, 0.15) is 27.8 Å². The van der Waals surface area contributed by atoms with Gasteiger partial charge in [0.1, 0.15) is 0 Å². The Morgan fingerprint density at radius 1 is 0.380 bits per heavy atom. The van der Waals surface area contributed by atoms with Crippen molar-refractivity contribution in [3.05, 3.63) is 205 Å². The van der Waals surface area contributed by atoms with E-state index in [9.17, 15) is 5.26 Å². The van der Waals surface area contributed by atoms with Crippen molar-refractivity contribution < 1.29 is 0 Å². The summed E-state index contributed by atoms with van der Waals surface area (Å²) in [5, 5.41) is 10.2. The van der Waals surface area contributed by atoms with Gasteiger partial charge in [-0.05, 0) is 94.1 Å². The van der Waals surface area contributed by atoms with Crippen molar-refractivity contribution >= 4 is 45.3 Å². The fourth-order valence-corrected chi connectivity index (χ4v) is 7.48. The molecule has 0 saturated carbocycles. The lowest BCUT2D eigenvalue weighted by atomic mass is 9.89. The highest BCUT2D eigenvalue weighted by atomic mass is 15.2. The van der Waals surface area contributed by atoms with Crippen LogP contribution in [0, 0.1) is 11.3 Å². The SMILES string of the molecule is C=C1c2ccccc2N(c2cc(-c3cc(C#N)cc(-c4ccccc4)c3)cc(N3c4ccccc4C(=C)c4ccccc43)c2)c2ccccc21. The molecule has 0 bridgehead atoms. The maximum Gasteiger partial charge on any atom is 0.0992 e. The molecular formula is C47H31N3. The highest BCUT2D eigenvalue weighted by Crippen LogP contribution is 2.52. The minimum absolute atomic E-state index is 0.614. The van der Waals surface area contributed by atoms with Gasteiger partial charge >= 0.3 is 0 Å². The molecule has 0 saturated heterocycles. The molecule has 50 heavy (non-hydrogen) atoms. The van der Waals surface area contributed by atoms with E-state index in [0.29, 0.717) is 5.56 Å². The first-order chi connectivity index (χ1) is 24.6. The first-order valence-electron chi connectivity index (χ1n) is 16.7. The van der Waals surface area contributed by atoms with Gasteiger partial charge < -0.3 is 9.80 Å². The van der Waals surface area contributed by atoms with Crippen LogP contribution in [0.3, 0.4) is 0 Å². The average molecular weight is 638 g/mol. The number of hydrogen-bond acceptors (Lipinski definition) is 3. The molecule has 0 N–H and O–H groups in total. The van der Waals surface area contributed by atoms with E-state index in [2.05, 4.69) is 162 Å². The molecule has 2 aliphatic heterocycles. The van der Waals surface area contributed by atoms with Gasteiger partial charge in [0.2, 0.25) is 0 Å². The van der Waals surface area contributed by atoms with Crippen LogP contribution in [0.2, 0.25) is 0 Å². The second-order valence-electron chi connectivity index (χ2n) is 12.7. The van der Waals surface area contributed by atoms with Crippen molar-refractivity contribution in [2.24, 2.45) is 0 Å². The topological polar surface area (TPSA) is 30.3 Å². The molecule has 9 rings (SSSR count). The Morgan fingerprint density at radius 3 is 1.16 bits per heavy atom. The molecule has 7 aromatic carbocycles. The zero-order chi connectivity index (χ0) is 33.8. The first-order valence-corrected chi connectivity index (χ1v) is 16.7. The molecule has 0 aliphatic carbocycles. The Hall–Kier alpha value is -6.89. The maximum atomic E-state index is 10.2. The van der Waals surface area contributed by atoms with Crippen LogP contribution in [0.25, 0.3) is 33.4 Å². The van der Waals surface area contributed by atoms with Crippen LogP contribution < -0.4 is 9.80 Å². The van der Waals surface area contributed by atoms with E-state index in [0.717, 1.165) is 89.8 Å². The Morgan fingerprint density at radius 2 is 0.740 bits per heavy atom. The maximum absolute atomic E-state index is 10.2. The van der Waals surface area contributed by atoms with E-state index in [4.69, 9.17) is 0 Å². The minimum atomic E-state index is 0.614. The van der Waals surface area contributed by atoms with Crippen LogP contribution in [-0.2, 0) is 0 Å². The lowest BCUT2D eigenvalue weighted by Gasteiger charge is -2.37. The molecule has 2 heterocycles. The van der Waals surface area contributed by atoms with Crippen molar-refractivity contribution in [2.45, 2.75) is 0 Å². The van der Waals surface area contributed by atoms with E-state index < -0.39 is 0 Å². The highest BCUT2D eigenvalue weighted by molar-refractivity contribution is 6.03. The summed E-state index contributed by atoms with van der Waals surface area (Å²) in [6.07, 6.45) is 0. The van der Waals surface area contributed by atoms with Crippen LogP contribution in [0.5, 0.6) is 0 Å². The van der Waals surface area contributed by atoms with Gasteiger partial charge in [-0.1, -0.05) is 116 Å². The van der Waals surface area contributed by atoms with Crippen LogP contribution in [0.4, 0.5) is 34.1 Å². The molecule has 3 heteroatoms. The number of hydrogen-bond donors (Lipinski definition) is 0. The summed E-state index contributed by atoms with van der Waals surface area (Å²) < 4.78 is 0. The fourth-order valence-electron chi connectivity index (χ4n) is 7.48. The van der Waals surface area contributed by atoms with Crippen molar-refractivity contribution in [3.63, 3.8) is 0 Å². The van der Waals surface area contributed by atoms with E-state index >= 15 is 0 Å². The van der Waals surface area contributed by atoms with Gasteiger partial charge in [-0.2, -0.15) is 5.26 Å². The number of fused-ring (bicyclic) bond motifs is 4. The van der Waals surface area contributed by atoms with Crippen LogP contribution in [-0.4, -0.2) is 0 Å². The zero-order valence-corrected chi connectivity index (χ0v) is 27.3. The Bertz CT molecular complexity index is 2330. The van der Waals surface area contributed by atoms with Crippen molar-refractivity contribution in [1.82, 2.24) is 0 Å². The second-order valence-corrected chi connectivity index (χ2v) is 12.7. The highest BCUT2D eigenvalue weighted by Gasteiger charge is 2.30. The second kappa shape index (κ2) is 11.7. The molecule has 0 atom stereocenters. The predicted octanol–water partition coefficient (Wildman–Crippen LogP) is 12.6. The summed E-state index contributed by atoms with van der Waals surface area (Å²) in [7, 11) is 0. The van der Waals surface area contributed by atoms with Gasteiger partial charge in [-0.15, -0.1) is 0 Å². The van der Waals surface area contributed by atoms with Crippen molar-refractivity contribution in [3.8, 4) is 28.3 Å². The molecule has 0 unspecified atom stereocenters. The minimum Gasteiger partial charge on any atom is -0.309 e. The van der Waals surface area contributed by atoms with Crippen LogP contribution >= 0.6 is 0 Å². The first kappa shape index (κ1) is 29.3. The average Bonchev–Trinajstić information content (AvgIpc) is 3.18. The van der Waals surface area contributed by atoms with Gasteiger partial charge in [0.15, 0.2) is 0 Å². The van der Waals surface area contributed by atoms with Gasteiger partial charge in [0.25, 0.3) is 0 Å². The molecule has 0 amide bonds. The van der Waals surface area contributed by atoms with Gasteiger partial charge in [-0.3, -0.25) is 0 Å². The van der Waals surface area contributed by atoms with E-state index in [-0.39, 0.29) is 0 Å². The number of anilines is 6. The molecule has 2 aliphatic rings. The van der Waals surface area contributed by atoms with Gasteiger partial charge in [0, 0.05) is 33.6 Å². The summed E-state index contributed by atoms with van der Waals surface area (Å²) in [4.78, 5) is 4.69. The third-order valence-electron chi connectivity index (χ3n) is 9.80. The molecule has 0 aromatic heterocycles. The number of nitriles is 1. The Kier molecular flexibility index (Phi) is 6.83. The summed E-state index contributed by atoms with van der Waals surface area (Å²) in [6, 6.07) is 59.5. The third kappa shape index (κ3) is 4.66. The monoisotopic (exact) mass is 637 g/mol. The third-order valence-corrected chi connectivity index (χ3v) is 9.80. The summed E-state index contributed by atoms with van der Waals surface area (Å²) in [5.74, 6) is 0. The normalized spacial score (nSPS) is 12.8. The molecule has 0 spiro atoms. The molecule has 234 valence electrons. The molecule has 3 nitrogen and oxygen atoms in total. The predicted molar refractivity (Wildman–Crippen MR) is 208 cm³/mol. The number of nitrogens with zero attached hydrogens (tertiary/aromatic N) is 3. The van der Waals surface area contributed by atoms with Gasteiger partial charge in [-0.25, -0.2) is 0 Å². The lowest BCUT2D eigenvalue weighted by Crippen LogP contribution is -2.20. The summed E-state index contributed by atoms with van der Waals surface area (Å²) >= 11 is 0. The molecular weight excluding hydrogens is 607 g/mol. The van der Waals surface area contributed by atoms with E-state index in [1.165, 1.54) is 0 Å². The largest absolute Gasteiger partial charge is 0.309 e. The van der Waals surface area contributed by atoms with Crippen molar-refractivity contribution in [1.29, 1.82) is 5.26 Å². The summed E-state index contributed by atoms with van der Waals surface area (Å²) in [5.41, 5.74) is 17.4. The Balaban J connectivity index is 1.34. The molecule has 0 radical (unpaired) electrons. The van der Waals surface area contributed by atoms with E-state index in [1.54, 1.807) is 0 Å². The molecule has 0 fully saturated rings. The number of para-hydroxylation sites is 4. The quantitative estimate of drug-likeness (QED) is 0.192. The zero-order valence-electron chi connectivity index (χ0n) is 27.3. The standard InChI is InChI=1S/C47H31N3/c1-31-40-16-6-10-20-44(40)49(45-21-11-7-17-41(31)45)38-27-37(36-25-33(30-48)24-35(26-36)34-14-4-3-5-15-34)28-39(29-38)50-46-22-12-8-18-42(46)32(2)43-19-9-13-23-47(43)50/h3-29H,1-2H2. The Labute approximate surface area is 292 Å². The van der Waals surface area contributed by atoms with E-state index in [1.807, 2.05) is 30.3 Å². The number of benzene rings is 7. The van der Waals surface area contributed by atoms with Crippen LogP contribution in [0.15, 0.2) is 177 Å². The fraction of sp³-hybridized carbons (Fsp3) is 0. The summed E-state index contributed by atoms with van der Waals surface area (Å²) in [6.45, 7) is 9.04. The lowest BCUT2D eigenvalue weighted by molar-refractivity contribution is 1.21. The number of rotatable bonds is 4. The smallest absolute Gasteiger partial charge is 0.0992 e. The van der Waals surface area contributed by atoms with Gasteiger partial charge in [0.05, 0.1) is 34.4 Å².